The van der Waals surface area contributed by atoms with Crippen LogP contribution in [-0.4, -0.2) is 23.9 Å². The maximum Gasteiger partial charge on any atom is 0.199 e. The fourth-order valence-electron chi connectivity index (χ4n) is 3.60. The van der Waals surface area contributed by atoms with Crippen molar-refractivity contribution in [1.82, 2.24) is 4.90 Å². The first-order valence-electron chi connectivity index (χ1n) is 7.58. The van der Waals surface area contributed by atoms with E-state index < -0.39 is 0 Å². The van der Waals surface area contributed by atoms with E-state index in [2.05, 4.69) is 65.3 Å². The molecule has 1 fully saturated rings. The molecule has 2 aromatic carbocycles. The van der Waals surface area contributed by atoms with Crippen LogP contribution in [0.15, 0.2) is 48.5 Å². The van der Waals surface area contributed by atoms with Crippen LogP contribution in [0.25, 0.3) is 0 Å². The Bertz CT molecular complexity index is 707. The molecule has 1 N–H and O–H groups in total. The number of guanidine groups is 1. The maximum atomic E-state index is 8.55. The Kier molecular flexibility index (Phi) is 2.74. The fraction of sp³-hybridized carbons (Fsp3) is 0.278. The zero-order valence-electron chi connectivity index (χ0n) is 12.2. The number of fused-ring (bicyclic) bond motifs is 5. The summed E-state index contributed by atoms with van der Waals surface area (Å²) >= 11 is 0. The molecular formula is C18H19N3. The van der Waals surface area contributed by atoms with E-state index in [-0.39, 0.29) is 6.04 Å². The third kappa shape index (κ3) is 1.77. The molecule has 4 rings (SSSR count). The molecular weight excluding hydrogens is 258 g/mol. The zero-order chi connectivity index (χ0) is 14.4. The molecule has 106 valence electrons. The van der Waals surface area contributed by atoms with Crippen molar-refractivity contribution >= 4 is 11.6 Å². The van der Waals surface area contributed by atoms with Gasteiger partial charge >= 0.3 is 0 Å². The van der Waals surface area contributed by atoms with Crippen LogP contribution >= 0.6 is 0 Å². The molecule has 2 aliphatic heterocycles. The summed E-state index contributed by atoms with van der Waals surface area (Å²) in [4.78, 5) is 4.37. The molecule has 0 aliphatic carbocycles. The average Bonchev–Trinajstić information content (AvgIpc) is 2.77. The standard InChI is InChI=1S/C18H19N3/c1-2-20-12-17-15-9-5-3-7-13(15)11-14-8-4-6-10-16(14)21(17)18(20)19/h3-10,17,19H,2,11-12H2,1H3. The molecule has 0 bridgehead atoms. The van der Waals surface area contributed by atoms with Crippen molar-refractivity contribution in [3.8, 4) is 0 Å². The summed E-state index contributed by atoms with van der Waals surface area (Å²) in [5.41, 5.74) is 5.27. The molecule has 0 spiro atoms. The number of nitrogens with one attached hydrogen (secondary N) is 1. The molecule has 21 heavy (non-hydrogen) atoms. The van der Waals surface area contributed by atoms with Gasteiger partial charge in [0, 0.05) is 18.8 Å². The summed E-state index contributed by atoms with van der Waals surface area (Å²) in [5, 5.41) is 8.55. The van der Waals surface area contributed by atoms with Crippen molar-refractivity contribution in [3.05, 3.63) is 65.2 Å². The molecule has 3 nitrogen and oxygen atoms in total. The second-order valence-corrected chi connectivity index (χ2v) is 5.75. The largest absolute Gasteiger partial charge is 0.341 e. The number of likely N-dealkylation sites (N-methyl/N-ethyl adjacent to an activating group) is 1. The second-order valence-electron chi connectivity index (χ2n) is 5.75. The van der Waals surface area contributed by atoms with Crippen LogP contribution < -0.4 is 4.90 Å². The lowest BCUT2D eigenvalue weighted by Gasteiger charge is -2.25. The molecule has 3 heteroatoms. The van der Waals surface area contributed by atoms with Gasteiger partial charge in [-0.15, -0.1) is 0 Å². The van der Waals surface area contributed by atoms with Crippen molar-refractivity contribution in [3.63, 3.8) is 0 Å². The normalized spacial score (nSPS) is 19.9. The highest BCUT2D eigenvalue weighted by molar-refractivity contribution is 5.98. The minimum atomic E-state index is 0.261. The van der Waals surface area contributed by atoms with Gasteiger partial charge < -0.3 is 9.80 Å². The van der Waals surface area contributed by atoms with E-state index in [1.807, 2.05) is 0 Å². The zero-order valence-corrected chi connectivity index (χ0v) is 12.2. The topological polar surface area (TPSA) is 30.3 Å². The van der Waals surface area contributed by atoms with E-state index in [1.54, 1.807) is 0 Å². The van der Waals surface area contributed by atoms with Gasteiger partial charge in [-0.3, -0.25) is 5.41 Å². The first kappa shape index (κ1) is 12.5. The van der Waals surface area contributed by atoms with Crippen LogP contribution in [0.3, 0.4) is 0 Å². The quantitative estimate of drug-likeness (QED) is 0.866. The van der Waals surface area contributed by atoms with Gasteiger partial charge in [0.15, 0.2) is 5.96 Å². The minimum absolute atomic E-state index is 0.261. The molecule has 2 heterocycles. The van der Waals surface area contributed by atoms with Gasteiger partial charge in [0.05, 0.1) is 6.04 Å². The highest BCUT2D eigenvalue weighted by Crippen LogP contribution is 2.41. The smallest absolute Gasteiger partial charge is 0.199 e. The lowest BCUT2D eigenvalue weighted by Crippen LogP contribution is -2.33. The summed E-state index contributed by atoms with van der Waals surface area (Å²) in [7, 11) is 0. The fourth-order valence-corrected chi connectivity index (χ4v) is 3.60. The van der Waals surface area contributed by atoms with E-state index in [4.69, 9.17) is 5.41 Å². The van der Waals surface area contributed by atoms with Crippen molar-refractivity contribution in [2.24, 2.45) is 0 Å². The predicted molar refractivity (Wildman–Crippen MR) is 85.9 cm³/mol. The minimum Gasteiger partial charge on any atom is -0.341 e. The van der Waals surface area contributed by atoms with E-state index in [0.29, 0.717) is 5.96 Å². The van der Waals surface area contributed by atoms with E-state index in [0.717, 1.165) is 19.5 Å². The van der Waals surface area contributed by atoms with Crippen LogP contribution in [0.5, 0.6) is 0 Å². The van der Waals surface area contributed by atoms with Gasteiger partial charge in [-0.1, -0.05) is 42.5 Å². The molecule has 0 amide bonds. The van der Waals surface area contributed by atoms with Crippen molar-refractivity contribution in [1.29, 1.82) is 5.41 Å². The van der Waals surface area contributed by atoms with Gasteiger partial charge in [-0.2, -0.15) is 0 Å². The van der Waals surface area contributed by atoms with Crippen LogP contribution in [0, 0.1) is 5.41 Å². The summed E-state index contributed by atoms with van der Waals surface area (Å²) in [6, 6.07) is 17.5. The molecule has 0 aromatic heterocycles. The predicted octanol–water partition coefficient (Wildman–Crippen LogP) is 3.41. The summed E-state index contributed by atoms with van der Waals surface area (Å²) in [5.74, 6) is 0.631. The number of benzene rings is 2. The summed E-state index contributed by atoms with van der Waals surface area (Å²) in [6.07, 6.45) is 0.957. The van der Waals surface area contributed by atoms with Gasteiger partial charge in [-0.25, -0.2) is 0 Å². The van der Waals surface area contributed by atoms with Gasteiger partial charge in [0.25, 0.3) is 0 Å². The second kappa shape index (κ2) is 4.62. The molecule has 2 aromatic rings. The van der Waals surface area contributed by atoms with Gasteiger partial charge in [-0.05, 0) is 36.1 Å². The molecule has 2 aliphatic rings. The van der Waals surface area contributed by atoms with E-state index >= 15 is 0 Å². The van der Waals surface area contributed by atoms with Crippen molar-refractivity contribution < 1.29 is 0 Å². The van der Waals surface area contributed by atoms with Crippen molar-refractivity contribution in [2.45, 2.75) is 19.4 Å². The maximum absolute atomic E-state index is 8.55. The Balaban J connectivity index is 1.94. The SMILES string of the molecule is CCN1CC2c3ccccc3Cc3ccccc3N2C1=N. The lowest BCUT2D eigenvalue weighted by atomic mass is 9.97. The number of nitrogens with zero attached hydrogens (tertiary/aromatic N) is 2. The van der Waals surface area contributed by atoms with E-state index in [9.17, 15) is 0 Å². The lowest BCUT2D eigenvalue weighted by molar-refractivity contribution is 0.456. The molecule has 1 atom stereocenters. The molecule has 0 saturated carbocycles. The monoisotopic (exact) mass is 277 g/mol. The van der Waals surface area contributed by atoms with Crippen LogP contribution in [0.4, 0.5) is 5.69 Å². The Labute approximate surface area is 125 Å². The molecule has 0 radical (unpaired) electrons. The number of rotatable bonds is 1. The van der Waals surface area contributed by atoms with Gasteiger partial charge in [0.2, 0.25) is 0 Å². The molecule has 1 unspecified atom stereocenters. The number of para-hydroxylation sites is 1. The number of anilines is 1. The first-order valence-corrected chi connectivity index (χ1v) is 7.58. The van der Waals surface area contributed by atoms with E-state index in [1.165, 1.54) is 22.4 Å². The highest BCUT2D eigenvalue weighted by Gasteiger charge is 2.39. The summed E-state index contributed by atoms with van der Waals surface area (Å²) < 4.78 is 0. The Hall–Kier alpha value is -2.29. The third-order valence-electron chi connectivity index (χ3n) is 4.66. The van der Waals surface area contributed by atoms with Crippen LogP contribution in [0.1, 0.15) is 29.7 Å². The van der Waals surface area contributed by atoms with Crippen molar-refractivity contribution in [2.75, 3.05) is 18.0 Å². The Morgan fingerprint density at radius 2 is 1.76 bits per heavy atom. The number of hydrogen-bond acceptors (Lipinski definition) is 1. The molecule has 1 saturated heterocycles. The first-order chi connectivity index (χ1) is 10.3. The summed E-state index contributed by atoms with van der Waals surface area (Å²) in [6.45, 7) is 3.91. The Morgan fingerprint density at radius 3 is 2.57 bits per heavy atom. The Morgan fingerprint density at radius 1 is 1.05 bits per heavy atom. The highest BCUT2D eigenvalue weighted by atomic mass is 15.4. The third-order valence-corrected chi connectivity index (χ3v) is 4.66. The van der Waals surface area contributed by atoms with Crippen LogP contribution in [0.2, 0.25) is 0 Å². The number of hydrogen-bond donors (Lipinski definition) is 1. The van der Waals surface area contributed by atoms with Gasteiger partial charge in [0.1, 0.15) is 0 Å². The average molecular weight is 277 g/mol. The van der Waals surface area contributed by atoms with Crippen LogP contribution in [-0.2, 0) is 6.42 Å².